The van der Waals surface area contributed by atoms with E-state index < -0.39 is 4.92 Å². The maximum absolute atomic E-state index is 12.3. The standard InChI is InChI=1S/C25H19ClN6O3S/c26-20-14-12-19(13-15-20)24-29-30-25(31(24)21-9-2-1-3-10-21)36-17-23(33)28-27-16-6-8-18-7-4-5-11-22(18)32(34)35/h1-16H,17H2,(H,28,33)/b8-6-,27-16-. The van der Waals surface area contributed by atoms with Crippen molar-refractivity contribution in [1.82, 2.24) is 20.2 Å². The van der Waals surface area contributed by atoms with Crippen molar-refractivity contribution >= 4 is 47.2 Å². The summed E-state index contributed by atoms with van der Waals surface area (Å²) in [6.07, 6.45) is 4.41. The van der Waals surface area contributed by atoms with Crippen LogP contribution >= 0.6 is 23.4 Å². The summed E-state index contributed by atoms with van der Waals surface area (Å²) in [6, 6.07) is 23.2. The minimum absolute atomic E-state index is 0.0110. The van der Waals surface area contributed by atoms with Crippen molar-refractivity contribution in [2.75, 3.05) is 5.75 Å². The van der Waals surface area contributed by atoms with E-state index in [-0.39, 0.29) is 17.3 Å². The molecule has 4 aromatic rings. The van der Waals surface area contributed by atoms with Gasteiger partial charge in [-0.25, -0.2) is 5.43 Å². The van der Waals surface area contributed by atoms with E-state index in [2.05, 4.69) is 20.7 Å². The molecule has 4 rings (SSSR count). The second kappa shape index (κ2) is 11.9. The summed E-state index contributed by atoms with van der Waals surface area (Å²) >= 11 is 7.24. The van der Waals surface area contributed by atoms with E-state index in [4.69, 9.17) is 11.6 Å². The van der Waals surface area contributed by atoms with Gasteiger partial charge in [0.1, 0.15) is 0 Å². The fraction of sp³-hybridized carbons (Fsp3) is 0.0400. The van der Waals surface area contributed by atoms with E-state index >= 15 is 0 Å². The number of nitro benzene ring substituents is 1. The van der Waals surface area contributed by atoms with Gasteiger partial charge in [0.05, 0.1) is 16.2 Å². The molecule has 0 aliphatic rings. The molecule has 9 nitrogen and oxygen atoms in total. The van der Waals surface area contributed by atoms with Gasteiger partial charge in [-0.05, 0) is 54.6 Å². The zero-order valence-corrected chi connectivity index (χ0v) is 20.3. The van der Waals surface area contributed by atoms with Crippen molar-refractivity contribution in [1.29, 1.82) is 0 Å². The van der Waals surface area contributed by atoms with Crippen molar-refractivity contribution in [2.45, 2.75) is 5.16 Å². The Morgan fingerprint density at radius 2 is 1.78 bits per heavy atom. The zero-order valence-electron chi connectivity index (χ0n) is 18.7. The van der Waals surface area contributed by atoms with Gasteiger partial charge in [-0.3, -0.25) is 19.5 Å². The highest BCUT2D eigenvalue weighted by Crippen LogP contribution is 2.28. The first-order valence-electron chi connectivity index (χ1n) is 10.6. The summed E-state index contributed by atoms with van der Waals surface area (Å²) in [4.78, 5) is 22.9. The quantitative estimate of drug-likeness (QED) is 0.137. The lowest BCUT2D eigenvalue weighted by molar-refractivity contribution is -0.385. The maximum Gasteiger partial charge on any atom is 0.276 e. The van der Waals surface area contributed by atoms with Crippen molar-refractivity contribution < 1.29 is 9.72 Å². The smallest absolute Gasteiger partial charge is 0.272 e. The Kier molecular flexibility index (Phi) is 8.22. The molecule has 1 amide bonds. The van der Waals surface area contributed by atoms with E-state index in [0.717, 1.165) is 11.3 Å². The van der Waals surface area contributed by atoms with Gasteiger partial charge in [-0.2, -0.15) is 5.10 Å². The Morgan fingerprint density at radius 3 is 2.53 bits per heavy atom. The number of nitrogens with zero attached hydrogens (tertiary/aromatic N) is 5. The summed E-state index contributed by atoms with van der Waals surface area (Å²) in [5, 5.41) is 24.7. The summed E-state index contributed by atoms with van der Waals surface area (Å²) in [6.45, 7) is 0. The third-order valence-corrected chi connectivity index (χ3v) is 6.02. The first-order valence-corrected chi connectivity index (χ1v) is 12.0. The molecule has 36 heavy (non-hydrogen) atoms. The number of aromatic nitrogens is 3. The summed E-state index contributed by atoms with van der Waals surface area (Å²) in [5.74, 6) is 0.335. The lowest BCUT2D eigenvalue weighted by Crippen LogP contribution is -2.19. The van der Waals surface area contributed by atoms with Gasteiger partial charge >= 0.3 is 0 Å². The van der Waals surface area contributed by atoms with Crippen LogP contribution in [0.3, 0.4) is 0 Å². The van der Waals surface area contributed by atoms with Crippen LogP contribution in [0.15, 0.2) is 95.2 Å². The second-order valence-electron chi connectivity index (χ2n) is 7.26. The molecule has 0 saturated heterocycles. The molecule has 180 valence electrons. The van der Waals surface area contributed by atoms with Crippen LogP contribution in [0, 0.1) is 10.1 Å². The molecule has 0 fully saturated rings. The Bertz CT molecular complexity index is 1420. The van der Waals surface area contributed by atoms with Gasteiger partial charge in [0.25, 0.3) is 11.6 Å². The number of nitro groups is 1. The Balaban J connectivity index is 1.42. The van der Waals surface area contributed by atoms with Gasteiger partial charge in [0, 0.05) is 28.6 Å². The first-order chi connectivity index (χ1) is 17.5. The van der Waals surface area contributed by atoms with Gasteiger partial charge in [0.2, 0.25) is 0 Å². The molecule has 0 aliphatic heterocycles. The molecule has 11 heteroatoms. The maximum atomic E-state index is 12.3. The fourth-order valence-corrected chi connectivity index (χ4v) is 4.09. The van der Waals surface area contributed by atoms with Gasteiger partial charge in [0.15, 0.2) is 11.0 Å². The molecule has 1 aromatic heterocycles. The fourth-order valence-electron chi connectivity index (χ4n) is 3.22. The van der Waals surface area contributed by atoms with Gasteiger partial charge in [-0.15, -0.1) is 10.2 Å². The predicted octanol–water partition coefficient (Wildman–Crippen LogP) is 5.40. The van der Waals surface area contributed by atoms with E-state index in [1.807, 2.05) is 47.0 Å². The zero-order chi connectivity index (χ0) is 25.3. The molecule has 0 bridgehead atoms. The molecule has 1 N–H and O–H groups in total. The average molecular weight is 519 g/mol. The molecule has 3 aromatic carbocycles. The van der Waals surface area contributed by atoms with Crippen LogP contribution in [0.4, 0.5) is 5.69 Å². The van der Waals surface area contributed by atoms with Crippen LogP contribution in [0.5, 0.6) is 0 Å². The normalized spacial score (nSPS) is 11.2. The number of hydrogen-bond acceptors (Lipinski definition) is 7. The van der Waals surface area contributed by atoms with Crippen LogP contribution in [0.2, 0.25) is 5.02 Å². The van der Waals surface area contributed by atoms with E-state index in [0.29, 0.717) is 21.6 Å². The SMILES string of the molecule is O=C(CSc1nnc(-c2ccc(Cl)cc2)n1-c1ccccc1)N/N=C\C=C/c1ccccc1[N+](=O)[O-]. The number of thioether (sulfide) groups is 1. The topological polar surface area (TPSA) is 115 Å². The van der Waals surface area contributed by atoms with E-state index in [1.54, 1.807) is 36.4 Å². The van der Waals surface area contributed by atoms with Crippen molar-refractivity contribution in [3.63, 3.8) is 0 Å². The number of halogens is 1. The number of nitrogens with one attached hydrogen (secondary N) is 1. The van der Waals surface area contributed by atoms with Crippen molar-refractivity contribution in [2.24, 2.45) is 5.10 Å². The van der Waals surface area contributed by atoms with Crippen LogP contribution in [-0.4, -0.2) is 37.6 Å². The lowest BCUT2D eigenvalue weighted by atomic mass is 10.2. The molecule has 0 radical (unpaired) electrons. The molecular formula is C25H19ClN6O3S. The molecule has 1 heterocycles. The van der Waals surface area contributed by atoms with E-state index in [1.165, 1.54) is 30.1 Å². The third-order valence-electron chi connectivity index (χ3n) is 4.84. The molecule has 0 unspecified atom stereocenters. The lowest BCUT2D eigenvalue weighted by Gasteiger charge is -2.10. The first kappa shape index (κ1) is 24.8. The van der Waals surface area contributed by atoms with Gasteiger partial charge in [-0.1, -0.05) is 53.7 Å². The predicted molar refractivity (Wildman–Crippen MR) is 141 cm³/mol. The van der Waals surface area contributed by atoms with Crippen LogP contribution < -0.4 is 5.43 Å². The Morgan fingerprint density at radius 1 is 1.06 bits per heavy atom. The molecule has 0 saturated carbocycles. The number of para-hydroxylation sites is 2. The largest absolute Gasteiger partial charge is 0.276 e. The highest BCUT2D eigenvalue weighted by atomic mass is 35.5. The summed E-state index contributed by atoms with van der Waals surface area (Å²) in [7, 11) is 0. The summed E-state index contributed by atoms with van der Waals surface area (Å²) in [5.41, 5.74) is 4.55. The molecular weight excluding hydrogens is 500 g/mol. The molecule has 0 atom stereocenters. The number of hydrogen-bond donors (Lipinski definition) is 1. The number of benzene rings is 3. The Hall–Kier alpha value is -4.28. The Labute approximate surface area is 215 Å². The second-order valence-corrected chi connectivity index (χ2v) is 8.64. The van der Waals surface area contributed by atoms with Crippen molar-refractivity contribution in [3.05, 3.63) is 106 Å². The monoisotopic (exact) mass is 518 g/mol. The number of carbonyl (C=O) groups excluding carboxylic acids is 1. The third kappa shape index (κ3) is 6.23. The van der Waals surface area contributed by atoms with Gasteiger partial charge < -0.3 is 0 Å². The number of amides is 1. The summed E-state index contributed by atoms with van der Waals surface area (Å²) < 4.78 is 1.87. The average Bonchev–Trinajstić information content (AvgIpc) is 3.32. The highest BCUT2D eigenvalue weighted by Gasteiger charge is 2.17. The van der Waals surface area contributed by atoms with E-state index in [9.17, 15) is 14.9 Å². The van der Waals surface area contributed by atoms with Crippen LogP contribution in [0.25, 0.3) is 23.2 Å². The minimum Gasteiger partial charge on any atom is -0.272 e. The highest BCUT2D eigenvalue weighted by molar-refractivity contribution is 7.99. The number of rotatable bonds is 9. The van der Waals surface area contributed by atoms with Crippen LogP contribution in [0.1, 0.15) is 5.56 Å². The number of carbonyl (C=O) groups is 1. The molecule has 0 aliphatic carbocycles. The van der Waals surface area contributed by atoms with Crippen LogP contribution in [-0.2, 0) is 4.79 Å². The molecule has 0 spiro atoms. The minimum atomic E-state index is -0.456. The number of allylic oxidation sites excluding steroid dienone is 1. The number of hydrazone groups is 1. The van der Waals surface area contributed by atoms with Crippen molar-refractivity contribution in [3.8, 4) is 17.1 Å².